The molecule has 0 aliphatic carbocycles. The molecule has 0 radical (unpaired) electrons. The minimum Gasteiger partial charge on any atom is -0.478 e. The Hall–Kier alpha value is -3.48. The zero-order chi connectivity index (χ0) is 27.5. The Morgan fingerprint density at radius 2 is 1.81 bits per heavy atom. The summed E-state index contributed by atoms with van der Waals surface area (Å²) >= 11 is 1.23. The number of carbonyl (C=O) groups excluding carboxylic acids is 2. The number of carboxylic acids is 1. The van der Waals surface area contributed by atoms with E-state index in [1.807, 2.05) is 0 Å². The van der Waals surface area contributed by atoms with E-state index in [2.05, 4.69) is 10.1 Å². The van der Waals surface area contributed by atoms with Crippen LogP contribution in [0.3, 0.4) is 0 Å². The largest absolute Gasteiger partial charge is 0.478 e. The van der Waals surface area contributed by atoms with Crippen molar-refractivity contribution in [2.45, 2.75) is 56.4 Å². The standard InChI is InChI=1S/C24H24F4N2O6S/c1-23(2,3)36-22(34)29-16-12-37-18-9-6-14(20(32)33)10-17(18)30(19(16)31)11-13-4-7-15(8-5-13)35-24(27,28)21(25)26/h4-10,16,21H,11-12H2,1-3H3,(H,29,34)(H,32,33)/t16-/m0/s1. The molecule has 1 heterocycles. The summed E-state index contributed by atoms with van der Waals surface area (Å²) < 4.78 is 60.5. The molecule has 1 atom stereocenters. The maximum absolute atomic E-state index is 13.5. The molecule has 13 heteroatoms. The number of anilines is 1. The molecule has 37 heavy (non-hydrogen) atoms. The first-order valence-corrected chi connectivity index (χ1v) is 11.9. The molecule has 0 bridgehead atoms. The Kier molecular flexibility index (Phi) is 8.25. The van der Waals surface area contributed by atoms with Gasteiger partial charge in [0.1, 0.15) is 17.4 Å². The highest BCUT2D eigenvalue weighted by Crippen LogP contribution is 2.36. The molecule has 2 aromatic rings. The lowest BCUT2D eigenvalue weighted by molar-refractivity contribution is -0.253. The maximum atomic E-state index is 13.5. The molecule has 0 saturated heterocycles. The lowest BCUT2D eigenvalue weighted by Gasteiger charge is -2.27. The topological polar surface area (TPSA) is 105 Å². The molecule has 2 N–H and O–H groups in total. The third kappa shape index (κ3) is 7.28. The Morgan fingerprint density at radius 1 is 1.16 bits per heavy atom. The summed E-state index contributed by atoms with van der Waals surface area (Å²) in [6.45, 7) is 4.84. The second-order valence-electron chi connectivity index (χ2n) is 9.03. The fourth-order valence-corrected chi connectivity index (χ4v) is 4.35. The van der Waals surface area contributed by atoms with Crippen LogP contribution in [0.25, 0.3) is 0 Å². The van der Waals surface area contributed by atoms with Crippen molar-refractivity contribution in [3.05, 3.63) is 53.6 Å². The van der Waals surface area contributed by atoms with Gasteiger partial charge in [-0.2, -0.15) is 17.6 Å². The molecule has 3 rings (SSSR count). The van der Waals surface area contributed by atoms with E-state index in [0.717, 1.165) is 12.1 Å². The van der Waals surface area contributed by atoms with Crippen molar-refractivity contribution in [3.8, 4) is 5.75 Å². The first kappa shape index (κ1) is 28.1. The van der Waals surface area contributed by atoms with Crippen LogP contribution in [0.2, 0.25) is 0 Å². The number of hydrogen-bond acceptors (Lipinski definition) is 6. The van der Waals surface area contributed by atoms with Gasteiger partial charge in [0.25, 0.3) is 5.91 Å². The normalized spacial score (nSPS) is 16.2. The van der Waals surface area contributed by atoms with E-state index in [0.29, 0.717) is 10.5 Å². The average Bonchev–Trinajstić information content (AvgIpc) is 2.90. The molecule has 0 spiro atoms. The predicted octanol–water partition coefficient (Wildman–Crippen LogP) is 5.15. The van der Waals surface area contributed by atoms with Gasteiger partial charge in [-0.15, -0.1) is 11.8 Å². The van der Waals surface area contributed by atoms with Gasteiger partial charge in [0, 0.05) is 10.6 Å². The third-order valence-electron chi connectivity index (χ3n) is 4.93. The van der Waals surface area contributed by atoms with Crippen LogP contribution < -0.4 is 15.0 Å². The number of thioether (sulfide) groups is 1. The van der Waals surface area contributed by atoms with Crippen molar-refractivity contribution in [1.82, 2.24) is 5.32 Å². The predicted molar refractivity (Wildman–Crippen MR) is 126 cm³/mol. The highest BCUT2D eigenvalue weighted by molar-refractivity contribution is 7.99. The molecule has 1 aliphatic heterocycles. The van der Waals surface area contributed by atoms with E-state index in [-0.39, 0.29) is 23.5 Å². The van der Waals surface area contributed by atoms with Crippen molar-refractivity contribution in [2.75, 3.05) is 10.7 Å². The number of alkyl halides is 4. The van der Waals surface area contributed by atoms with Gasteiger partial charge in [-0.05, 0) is 56.7 Å². The molecule has 0 aromatic heterocycles. The number of nitrogens with zero attached hydrogens (tertiary/aromatic N) is 1. The van der Waals surface area contributed by atoms with Crippen molar-refractivity contribution in [2.24, 2.45) is 0 Å². The molecule has 1 aliphatic rings. The quantitative estimate of drug-likeness (QED) is 0.465. The van der Waals surface area contributed by atoms with Gasteiger partial charge in [0.2, 0.25) is 0 Å². The van der Waals surface area contributed by atoms with Crippen LogP contribution in [0.15, 0.2) is 47.4 Å². The van der Waals surface area contributed by atoms with Crippen LogP contribution in [-0.4, -0.2) is 53.0 Å². The van der Waals surface area contributed by atoms with Gasteiger partial charge in [-0.1, -0.05) is 12.1 Å². The lowest BCUT2D eigenvalue weighted by Crippen LogP contribution is -2.50. The van der Waals surface area contributed by atoms with Gasteiger partial charge in [-0.25, -0.2) is 9.59 Å². The van der Waals surface area contributed by atoms with Crippen LogP contribution in [0.1, 0.15) is 36.7 Å². The Morgan fingerprint density at radius 3 is 2.38 bits per heavy atom. The number of rotatable bonds is 7. The van der Waals surface area contributed by atoms with E-state index in [4.69, 9.17) is 4.74 Å². The molecule has 8 nitrogen and oxygen atoms in total. The van der Waals surface area contributed by atoms with E-state index < -0.39 is 47.9 Å². The smallest absolute Gasteiger partial charge is 0.461 e. The molecule has 2 aromatic carbocycles. The first-order valence-electron chi connectivity index (χ1n) is 10.9. The second kappa shape index (κ2) is 10.9. The molecule has 0 fully saturated rings. The summed E-state index contributed by atoms with van der Waals surface area (Å²) in [6.07, 6.45) is -9.51. The van der Waals surface area contributed by atoms with Gasteiger partial charge in [0.05, 0.1) is 17.8 Å². The number of hydrogen-bond donors (Lipinski definition) is 2. The highest BCUT2D eigenvalue weighted by atomic mass is 32.2. The number of aromatic carboxylic acids is 1. The SMILES string of the molecule is CC(C)(C)OC(=O)N[C@H]1CSc2ccc(C(=O)O)cc2N(Cc2ccc(OC(F)(F)C(F)F)cc2)C1=O. The van der Waals surface area contributed by atoms with Gasteiger partial charge in [0.15, 0.2) is 0 Å². The van der Waals surface area contributed by atoms with E-state index in [9.17, 15) is 37.1 Å². The highest BCUT2D eigenvalue weighted by Gasteiger charge is 2.44. The Labute approximate surface area is 213 Å². The van der Waals surface area contributed by atoms with E-state index in [1.54, 1.807) is 26.8 Å². The minimum absolute atomic E-state index is 0.0753. The number of alkyl carbamates (subject to hydrolysis) is 1. The number of nitrogens with one attached hydrogen (secondary N) is 1. The Bertz CT molecular complexity index is 1170. The Balaban J connectivity index is 1.91. The summed E-state index contributed by atoms with van der Waals surface area (Å²) in [5.74, 6) is -2.16. The molecular weight excluding hydrogens is 520 g/mol. The number of fused-ring (bicyclic) bond motifs is 1. The zero-order valence-electron chi connectivity index (χ0n) is 20.0. The van der Waals surface area contributed by atoms with Crippen LogP contribution in [0.4, 0.5) is 28.0 Å². The first-order chi connectivity index (χ1) is 17.2. The summed E-state index contributed by atoms with van der Waals surface area (Å²) in [5, 5.41) is 12.0. The molecule has 200 valence electrons. The molecule has 0 unspecified atom stereocenters. The number of carboxylic acid groups (broad SMARTS) is 1. The maximum Gasteiger partial charge on any atom is 0.461 e. The number of benzene rings is 2. The van der Waals surface area contributed by atoms with Crippen LogP contribution in [0.5, 0.6) is 5.75 Å². The van der Waals surface area contributed by atoms with Gasteiger partial charge >= 0.3 is 24.6 Å². The van der Waals surface area contributed by atoms with Crippen molar-refractivity contribution in [3.63, 3.8) is 0 Å². The van der Waals surface area contributed by atoms with Crippen LogP contribution >= 0.6 is 11.8 Å². The van der Waals surface area contributed by atoms with Crippen LogP contribution in [-0.2, 0) is 16.1 Å². The summed E-state index contributed by atoms with van der Waals surface area (Å²) in [6, 6.07) is 7.92. The van der Waals surface area contributed by atoms with Crippen molar-refractivity contribution < 1.29 is 46.5 Å². The van der Waals surface area contributed by atoms with Crippen LogP contribution in [0, 0.1) is 0 Å². The van der Waals surface area contributed by atoms with E-state index in [1.165, 1.54) is 40.9 Å². The fraction of sp³-hybridized carbons (Fsp3) is 0.375. The number of ether oxygens (including phenoxy) is 2. The average molecular weight is 545 g/mol. The van der Waals surface area contributed by atoms with Gasteiger partial charge < -0.3 is 24.8 Å². The van der Waals surface area contributed by atoms with E-state index >= 15 is 0 Å². The lowest BCUT2D eigenvalue weighted by atomic mass is 10.1. The third-order valence-corrected chi connectivity index (χ3v) is 6.09. The fourth-order valence-electron chi connectivity index (χ4n) is 3.30. The monoisotopic (exact) mass is 544 g/mol. The number of carbonyl (C=O) groups is 3. The van der Waals surface area contributed by atoms with Gasteiger partial charge in [-0.3, -0.25) is 4.79 Å². The zero-order valence-corrected chi connectivity index (χ0v) is 20.8. The molecule has 0 saturated carbocycles. The van der Waals surface area contributed by atoms with Crippen molar-refractivity contribution >= 4 is 35.4 Å². The molecule has 2 amide bonds. The summed E-state index contributed by atoms with van der Waals surface area (Å²) in [7, 11) is 0. The molecular formula is C24H24F4N2O6S. The second-order valence-corrected chi connectivity index (χ2v) is 10.1. The minimum atomic E-state index is -4.67. The number of amides is 2. The number of halogens is 4. The van der Waals surface area contributed by atoms with Crippen molar-refractivity contribution in [1.29, 1.82) is 0 Å². The summed E-state index contributed by atoms with van der Waals surface area (Å²) in [5.41, 5.74) is -0.216. The summed E-state index contributed by atoms with van der Waals surface area (Å²) in [4.78, 5) is 39.2.